The molecular formula is C10H20N2O3S. The Hall–Kier alpha value is -0.170. The SMILES string of the molecule is O=S(=O)(NOC1CCCC1)N1CCCCC1. The number of rotatable bonds is 4. The van der Waals surface area contributed by atoms with Crippen molar-refractivity contribution in [3.05, 3.63) is 0 Å². The van der Waals surface area contributed by atoms with Crippen LogP contribution in [0.5, 0.6) is 0 Å². The molecule has 16 heavy (non-hydrogen) atoms. The van der Waals surface area contributed by atoms with Gasteiger partial charge in [-0.2, -0.15) is 12.7 Å². The van der Waals surface area contributed by atoms with Gasteiger partial charge in [-0.1, -0.05) is 24.1 Å². The first-order valence-corrected chi connectivity index (χ1v) is 7.55. The van der Waals surface area contributed by atoms with Crippen molar-refractivity contribution in [1.82, 2.24) is 9.19 Å². The highest BCUT2D eigenvalue weighted by Gasteiger charge is 2.25. The van der Waals surface area contributed by atoms with Crippen molar-refractivity contribution in [2.75, 3.05) is 13.1 Å². The molecule has 2 rings (SSSR count). The van der Waals surface area contributed by atoms with Crippen LogP contribution >= 0.6 is 0 Å². The smallest absolute Gasteiger partial charge is 0.283 e. The average Bonchev–Trinajstić information content (AvgIpc) is 2.81. The summed E-state index contributed by atoms with van der Waals surface area (Å²) in [6, 6.07) is 0. The van der Waals surface area contributed by atoms with Crippen molar-refractivity contribution in [1.29, 1.82) is 0 Å². The fraction of sp³-hybridized carbons (Fsp3) is 1.00. The van der Waals surface area contributed by atoms with Crippen LogP contribution in [-0.2, 0) is 15.0 Å². The molecule has 0 aromatic heterocycles. The quantitative estimate of drug-likeness (QED) is 0.760. The Morgan fingerprint density at radius 2 is 1.62 bits per heavy atom. The molecule has 0 spiro atoms. The molecule has 0 aromatic rings. The zero-order chi connectivity index (χ0) is 11.4. The van der Waals surface area contributed by atoms with E-state index in [0.29, 0.717) is 13.1 Å². The van der Waals surface area contributed by atoms with Crippen molar-refractivity contribution in [2.45, 2.75) is 51.0 Å². The molecule has 5 nitrogen and oxygen atoms in total. The van der Waals surface area contributed by atoms with E-state index in [4.69, 9.17) is 4.84 Å². The molecule has 1 saturated heterocycles. The van der Waals surface area contributed by atoms with Crippen LogP contribution in [-0.4, -0.2) is 31.9 Å². The zero-order valence-corrected chi connectivity index (χ0v) is 10.3. The van der Waals surface area contributed by atoms with Crippen molar-refractivity contribution >= 4 is 10.2 Å². The van der Waals surface area contributed by atoms with Crippen LogP contribution in [0.4, 0.5) is 0 Å². The fourth-order valence-corrected chi connectivity index (χ4v) is 3.40. The van der Waals surface area contributed by atoms with Gasteiger partial charge in [-0.25, -0.2) is 0 Å². The van der Waals surface area contributed by atoms with Crippen molar-refractivity contribution in [3.63, 3.8) is 0 Å². The minimum atomic E-state index is -3.41. The largest absolute Gasteiger partial charge is 0.301 e. The summed E-state index contributed by atoms with van der Waals surface area (Å²) in [5.74, 6) is 0. The third-order valence-electron chi connectivity index (χ3n) is 3.28. The van der Waals surface area contributed by atoms with Crippen molar-refractivity contribution in [3.8, 4) is 0 Å². The Bertz CT molecular complexity index is 306. The van der Waals surface area contributed by atoms with E-state index in [1.165, 1.54) is 4.31 Å². The topological polar surface area (TPSA) is 58.6 Å². The Morgan fingerprint density at radius 3 is 2.25 bits per heavy atom. The molecule has 0 bridgehead atoms. The Kier molecular flexibility index (Phi) is 4.18. The number of hydrogen-bond acceptors (Lipinski definition) is 3. The van der Waals surface area contributed by atoms with Crippen LogP contribution in [0, 0.1) is 0 Å². The highest BCUT2D eigenvalue weighted by Crippen LogP contribution is 2.20. The van der Waals surface area contributed by atoms with E-state index in [2.05, 4.69) is 4.89 Å². The van der Waals surface area contributed by atoms with E-state index < -0.39 is 10.2 Å². The van der Waals surface area contributed by atoms with Gasteiger partial charge in [0.25, 0.3) is 0 Å². The molecule has 94 valence electrons. The Labute approximate surface area is 97.3 Å². The molecule has 2 aliphatic rings. The van der Waals surface area contributed by atoms with E-state index >= 15 is 0 Å². The van der Waals surface area contributed by atoms with Crippen LogP contribution in [0.3, 0.4) is 0 Å². The summed E-state index contributed by atoms with van der Waals surface area (Å²) in [6.45, 7) is 1.23. The van der Waals surface area contributed by atoms with Crippen molar-refractivity contribution < 1.29 is 13.3 Å². The predicted octanol–water partition coefficient (Wildman–Crippen LogP) is 1.18. The standard InChI is InChI=1S/C10H20N2O3S/c13-16(14,12-8-4-1-5-9-12)11-15-10-6-2-3-7-10/h10-11H,1-9H2. The summed E-state index contributed by atoms with van der Waals surface area (Å²) >= 11 is 0. The maximum Gasteiger partial charge on any atom is 0.301 e. The van der Waals surface area contributed by atoms with E-state index in [1.807, 2.05) is 0 Å². The second kappa shape index (κ2) is 5.44. The average molecular weight is 248 g/mol. The summed E-state index contributed by atoms with van der Waals surface area (Å²) in [5, 5.41) is 0. The highest BCUT2D eigenvalue weighted by atomic mass is 32.2. The third kappa shape index (κ3) is 3.16. The van der Waals surface area contributed by atoms with Gasteiger partial charge >= 0.3 is 10.2 Å². The van der Waals surface area contributed by atoms with Gasteiger partial charge in [0, 0.05) is 13.1 Å². The lowest BCUT2D eigenvalue weighted by atomic mass is 10.2. The van der Waals surface area contributed by atoms with Gasteiger partial charge < -0.3 is 0 Å². The summed E-state index contributed by atoms with van der Waals surface area (Å²) in [5.41, 5.74) is 0. The van der Waals surface area contributed by atoms with Crippen LogP contribution in [0.25, 0.3) is 0 Å². The van der Waals surface area contributed by atoms with Crippen LogP contribution in [0.1, 0.15) is 44.9 Å². The number of hydrogen-bond donors (Lipinski definition) is 1. The second-order valence-corrected chi connectivity index (χ2v) is 6.21. The van der Waals surface area contributed by atoms with Gasteiger partial charge in [0.05, 0.1) is 6.10 Å². The number of nitrogens with zero attached hydrogens (tertiary/aromatic N) is 1. The van der Waals surface area contributed by atoms with Gasteiger partial charge in [-0.3, -0.25) is 4.84 Å². The van der Waals surface area contributed by atoms with E-state index in [9.17, 15) is 8.42 Å². The minimum Gasteiger partial charge on any atom is -0.283 e. The van der Waals surface area contributed by atoms with Crippen molar-refractivity contribution in [2.24, 2.45) is 0 Å². The molecule has 1 aliphatic carbocycles. The Balaban J connectivity index is 1.81. The molecule has 6 heteroatoms. The molecular weight excluding hydrogens is 228 g/mol. The number of nitrogens with one attached hydrogen (secondary N) is 1. The summed E-state index contributed by atoms with van der Waals surface area (Å²) in [6.07, 6.45) is 7.28. The van der Waals surface area contributed by atoms with Gasteiger partial charge in [0.1, 0.15) is 0 Å². The normalized spacial score (nSPS) is 25.0. The lowest BCUT2D eigenvalue weighted by molar-refractivity contribution is 0.0186. The van der Waals surface area contributed by atoms with Crippen LogP contribution in [0.2, 0.25) is 0 Å². The predicted molar refractivity (Wildman–Crippen MR) is 60.8 cm³/mol. The second-order valence-electron chi connectivity index (χ2n) is 4.57. The van der Waals surface area contributed by atoms with Gasteiger partial charge in [0.15, 0.2) is 0 Å². The summed E-state index contributed by atoms with van der Waals surface area (Å²) in [7, 11) is -3.41. The molecule has 1 N–H and O–H groups in total. The third-order valence-corrected chi connectivity index (χ3v) is 4.63. The van der Waals surface area contributed by atoms with E-state index in [0.717, 1.165) is 44.9 Å². The maximum atomic E-state index is 11.8. The minimum absolute atomic E-state index is 0.0690. The molecule has 1 heterocycles. The first-order valence-electron chi connectivity index (χ1n) is 6.11. The molecule has 0 aromatic carbocycles. The molecule has 1 saturated carbocycles. The molecule has 0 unspecified atom stereocenters. The lowest BCUT2D eigenvalue weighted by Gasteiger charge is -2.26. The monoisotopic (exact) mass is 248 g/mol. The first kappa shape index (κ1) is 12.3. The lowest BCUT2D eigenvalue weighted by Crippen LogP contribution is -2.44. The zero-order valence-electron chi connectivity index (χ0n) is 9.52. The molecule has 2 fully saturated rings. The number of piperidine rings is 1. The van der Waals surface area contributed by atoms with E-state index in [-0.39, 0.29) is 6.10 Å². The maximum absolute atomic E-state index is 11.8. The Morgan fingerprint density at radius 1 is 1.00 bits per heavy atom. The van der Waals surface area contributed by atoms with Gasteiger partial charge in [-0.15, -0.1) is 0 Å². The molecule has 0 atom stereocenters. The molecule has 1 aliphatic heterocycles. The summed E-state index contributed by atoms with van der Waals surface area (Å²) < 4.78 is 25.1. The van der Waals surface area contributed by atoms with Gasteiger partial charge in [-0.05, 0) is 25.7 Å². The molecule has 0 amide bonds. The van der Waals surface area contributed by atoms with Crippen LogP contribution in [0.15, 0.2) is 0 Å². The summed E-state index contributed by atoms with van der Waals surface area (Å²) in [4.78, 5) is 7.51. The highest BCUT2D eigenvalue weighted by molar-refractivity contribution is 7.87. The fourth-order valence-electron chi connectivity index (χ4n) is 2.29. The van der Waals surface area contributed by atoms with Gasteiger partial charge in [0.2, 0.25) is 0 Å². The first-order chi connectivity index (χ1) is 7.68. The molecule has 0 radical (unpaired) electrons. The van der Waals surface area contributed by atoms with Crippen LogP contribution < -0.4 is 4.89 Å². The van der Waals surface area contributed by atoms with E-state index in [1.54, 1.807) is 0 Å².